The quantitative estimate of drug-likeness (QED) is 0.431. The van der Waals surface area contributed by atoms with Crippen LogP contribution >= 0.6 is 0 Å². The molecular weight excluding hydrogens is 421 g/mol. The molecule has 3 rings (SSSR count). The largest absolute Gasteiger partial charge is 0.444 e. The molecule has 0 saturated carbocycles. The molecule has 1 saturated heterocycles. The number of nitrogen functional groups attached to an aromatic ring is 1. The van der Waals surface area contributed by atoms with E-state index >= 15 is 0 Å². The molecule has 1 atom stereocenters. The van der Waals surface area contributed by atoms with Crippen LogP contribution < -0.4 is 11.5 Å². The monoisotopic (exact) mass is 455 g/mol. The first kappa shape index (κ1) is 24.7. The molecule has 1 aliphatic heterocycles. The first-order valence-electron chi connectivity index (χ1n) is 11.5. The standard InChI is InChI=1S/C26H34FN3O3/c1-26(2,33-25(29)32)16-19(15-18-3-9-23(28)10-4-18)17-30-13-11-21(12-14-30)24(31)20-5-7-22(27)8-6-20/h3-10,19,21H,11-17,28H2,1-2H3,(H2,29,32). The molecule has 1 amide bonds. The van der Waals surface area contributed by atoms with Gasteiger partial charge in [0.1, 0.15) is 11.4 Å². The Morgan fingerprint density at radius 1 is 1.09 bits per heavy atom. The number of carbonyl (C=O) groups excluding carboxylic acids is 2. The third kappa shape index (κ3) is 7.56. The number of primary amides is 1. The molecule has 1 aliphatic rings. The summed E-state index contributed by atoms with van der Waals surface area (Å²) in [7, 11) is 0. The number of Topliss-reactive ketones (excluding diaryl/α,β-unsaturated/α-hetero) is 1. The van der Waals surface area contributed by atoms with E-state index in [0.29, 0.717) is 12.0 Å². The van der Waals surface area contributed by atoms with Gasteiger partial charge >= 0.3 is 6.09 Å². The Balaban J connectivity index is 1.62. The van der Waals surface area contributed by atoms with Crippen molar-refractivity contribution in [2.45, 2.75) is 45.1 Å². The molecule has 0 aliphatic carbocycles. The number of likely N-dealkylation sites (tertiary alicyclic amines) is 1. The predicted molar refractivity (Wildman–Crippen MR) is 127 cm³/mol. The highest BCUT2D eigenvalue weighted by Gasteiger charge is 2.31. The molecule has 0 radical (unpaired) electrons. The highest BCUT2D eigenvalue weighted by Crippen LogP contribution is 2.28. The second kappa shape index (κ2) is 10.8. The van der Waals surface area contributed by atoms with Crippen molar-refractivity contribution in [3.8, 4) is 0 Å². The van der Waals surface area contributed by atoms with E-state index in [2.05, 4.69) is 4.90 Å². The molecule has 178 valence electrons. The Kier molecular flexibility index (Phi) is 8.08. The normalized spacial score (nSPS) is 16.3. The number of piperidine rings is 1. The van der Waals surface area contributed by atoms with Gasteiger partial charge in [0.25, 0.3) is 0 Å². The van der Waals surface area contributed by atoms with E-state index in [1.54, 1.807) is 12.1 Å². The summed E-state index contributed by atoms with van der Waals surface area (Å²) in [4.78, 5) is 26.5. The summed E-state index contributed by atoms with van der Waals surface area (Å²) >= 11 is 0. The third-order valence-corrected chi connectivity index (χ3v) is 6.26. The van der Waals surface area contributed by atoms with Crippen LogP contribution in [0, 0.1) is 17.7 Å². The second-order valence-electron chi connectivity index (χ2n) is 9.64. The molecular formula is C26H34FN3O3. The average molecular weight is 456 g/mol. The van der Waals surface area contributed by atoms with E-state index in [4.69, 9.17) is 16.2 Å². The van der Waals surface area contributed by atoms with E-state index in [1.807, 2.05) is 38.1 Å². The molecule has 2 aromatic rings. The highest BCUT2D eigenvalue weighted by molar-refractivity contribution is 5.97. The average Bonchev–Trinajstić information content (AvgIpc) is 2.74. The van der Waals surface area contributed by atoms with Crippen LogP contribution in [0.2, 0.25) is 0 Å². The fraction of sp³-hybridized carbons (Fsp3) is 0.462. The number of halogens is 1. The first-order valence-corrected chi connectivity index (χ1v) is 11.5. The maximum absolute atomic E-state index is 13.2. The van der Waals surface area contributed by atoms with E-state index in [0.717, 1.165) is 44.6 Å². The zero-order valence-electron chi connectivity index (χ0n) is 19.4. The van der Waals surface area contributed by atoms with Crippen LogP contribution in [0.4, 0.5) is 14.9 Å². The van der Waals surface area contributed by atoms with E-state index < -0.39 is 11.7 Å². The lowest BCUT2D eigenvalue weighted by Gasteiger charge is -2.36. The van der Waals surface area contributed by atoms with Gasteiger partial charge in [-0.1, -0.05) is 12.1 Å². The number of nitrogens with zero attached hydrogens (tertiary/aromatic N) is 1. The molecule has 7 heteroatoms. The second-order valence-corrected chi connectivity index (χ2v) is 9.64. The SMILES string of the molecule is CC(C)(CC(Cc1ccc(N)cc1)CN1CCC(C(=O)c2ccc(F)cc2)CC1)OC(N)=O. The fourth-order valence-electron chi connectivity index (χ4n) is 4.79. The molecule has 33 heavy (non-hydrogen) atoms. The lowest BCUT2D eigenvalue weighted by molar-refractivity contribution is 0.0200. The highest BCUT2D eigenvalue weighted by atomic mass is 19.1. The maximum Gasteiger partial charge on any atom is 0.405 e. The third-order valence-electron chi connectivity index (χ3n) is 6.26. The zero-order valence-corrected chi connectivity index (χ0v) is 19.4. The fourth-order valence-corrected chi connectivity index (χ4v) is 4.79. The van der Waals surface area contributed by atoms with E-state index in [9.17, 15) is 14.0 Å². The van der Waals surface area contributed by atoms with Crippen LogP contribution in [0.1, 0.15) is 49.0 Å². The van der Waals surface area contributed by atoms with E-state index in [-0.39, 0.29) is 23.4 Å². The van der Waals surface area contributed by atoms with Gasteiger partial charge in [-0.05, 0) is 100 Å². The molecule has 6 nitrogen and oxygen atoms in total. The Labute approximate surface area is 195 Å². The van der Waals surface area contributed by atoms with Crippen molar-refractivity contribution in [1.82, 2.24) is 4.90 Å². The van der Waals surface area contributed by atoms with Crippen LogP contribution in [0.5, 0.6) is 0 Å². The summed E-state index contributed by atoms with van der Waals surface area (Å²) in [5.41, 5.74) is 12.9. The summed E-state index contributed by atoms with van der Waals surface area (Å²) < 4.78 is 18.5. The van der Waals surface area contributed by atoms with Crippen molar-refractivity contribution in [2.24, 2.45) is 17.6 Å². The van der Waals surface area contributed by atoms with Crippen LogP contribution in [-0.2, 0) is 11.2 Å². The van der Waals surface area contributed by atoms with Gasteiger partial charge in [0.15, 0.2) is 5.78 Å². The molecule has 1 fully saturated rings. The number of ether oxygens (including phenoxy) is 1. The summed E-state index contributed by atoms with van der Waals surface area (Å²) in [6.45, 7) is 6.20. The van der Waals surface area contributed by atoms with Gasteiger partial charge in [0.2, 0.25) is 0 Å². The van der Waals surface area contributed by atoms with Crippen LogP contribution in [0.15, 0.2) is 48.5 Å². The zero-order chi connectivity index (χ0) is 24.0. The predicted octanol–water partition coefficient (Wildman–Crippen LogP) is 4.43. The van der Waals surface area contributed by atoms with Gasteiger partial charge in [0.05, 0.1) is 0 Å². The molecule has 0 aromatic heterocycles. The number of hydrogen-bond acceptors (Lipinski definition) is 5. The van der Waals surface area contributed by atoms with Gasteiger partial charge in [-0.25, -0.2) is 9.18 Å². The van der Waals surface area contributed by atoms with Crippen LogP contribution in [0.25, 0.3) is 0 Å². The molecule has 0 spiro atoms. The van der Waals surface area contributed by atoms with Gasteiger partial charge in [-0.3, -0.25) is 4.79 Å². The molecule has 0 bridgehead atoms. The number of rotatable bonds is 9. The first-order chi connectivity index (χ1) is 15.6. The number of amides is 1. The smallest absolute Gasteiger partial charge is 0.405 e. The molecule has 2 aromatic carbocycles. The summed E-state index contributed by atoms with van der Waals surface area (Å²) in [5, 5.41) is 0. The Morgan fingerprint density at radius 2 is 1.70 bits per heavy atom. The van der Waals surface area contributed by atoms with Crippen molar-refractivity contribution < 1.29 is 18.7 Å². The molecule has 1 heterocycles. The minimum atomic E-state index is -0.772. The van der Waals surface area contributed by atoms with Crippen molar-refractivity contribution in [3.05, 3.63) is 65.5 Å². The van der Waals surface area contributed by atoms with E-state index in [1.165, 1.54) is 17.7 Å². The molecule has 1 unspecified atom stereocenters. The van der Waals surface area contributed by atoms with Crippen LogP contribution in [-0.4, -0.2) is 42.0 Å². The van der Waals surface area contributed by atoms with Gasteiger partial charge in [0, 0.05) is 23.7 Å². The van der Waals surface area contributed by atoms with Gasteiger partial charge < -0.3 is 21.1 Å². The Hall–Kier alpha value is -2.93. The summed E-state index contributed by atoms with van der Waals surface area (Å²) in [5.74, 6) is -0.0648. The number of hydrogen-bond donors (Lipinski definition) is 2. The van der Waals surface area contributed by atoms with Gasteiger partial charge in [-0.2, -0.15) is 0 Å². The van der Waals surface area contributed by atoms with Crippen molar-refractivity contribution >= 4 is 17.6 Å². The topological polar surface area (TPSA) is 98.7 Å². The van der Waals surface area contributed by atoms with Gasteiger partial charge in [-0.15, -0.1) is 0 Å². The van der Waals surface area contributed by atoms with Crippen molar-refractivity contribution in [3.63, 3.8) is 0 Å². The lowest BCUT2D eigenvalue weighted by Crippen LogP contribution is -2.42. The number of nitrogens with two attached hydrogens (primary N) is 2. The minimum Gasteiger partial charge on any atom is -0.444 e. The summed E-state index contributed by atoms with van der Waals surface area (Å²) in [6, 6.07) is 13.6. The minimum absolute atomic E-state index is 0.0445. The number of ketones is 1. The Bertz CT molecular complexity index is 936. The Morgan fingerprint density at radius 3 is 2.27 bits per heavy atom. The number of anilines is 1. The summed E-state index contributed by atoms with van der Waals surface area (Å²) in [6.07, 6.45) is 2.25. The van der Waals surface area contributed by atoms with Crippen molar-refractivity contribution in [1.29, 1.82) is 0 Å². The van der Waals surface area contributed by atoms with Crippen LogP contribution in [0.3, 0.4) is 0 Å². The molecule has 4 N–H and O–H groups in total. The lowest BCUT2D eigenvalue weighted by atomic mass is 9.85. The number of benzene rings is 2. The maximum atomic E-state index is 13.2. The van der Waals surface area contributed by atoms with Crippen molar-refractivity contribution in [2.75, 3.05) is 25.4 Å². The number of carbonyl (C=O) groups is 2.